The third-order valence-electron chi connectivity index (χ3n) is 3.61. The average molecular weight is 475 g/mol. The van der Waals surface area contributed by atoms with E-state index >= 15 is 0 Å². The van der Waals surface area contributed by atoms with Crippen molar-refractivity contribution in [1.29, 1.82) is 0 Å². The van der Waals surface area contributed by atoms with Crippen molar-refractivity contribution < 1.29 is 95.4 Å². The third-order valence-corrected chi connectivity index (χ3v) is 8.17. The van der Waals surface area contributed by atoms with Gasteiger partial charge < -0.3 is 27.2 Å². The van der Waals surface area contributed by atoms with Gasteiger partial charge in [-0.05, 0) is 42.8 Å². The van der Waals surface area contributed by atoms with Gasteiger partial charge in [0.2, 0.25) is 5.52 Å². The summed E-state index contributed by atoms with van der Waals surface area (Å²) in [7, 11) is -8.14. The van der Waals surface area contributed by atoms with Crippen molar-refractivity contribution in [3.8, 4) is 5.75 Å². The quantitative estimate of drug-likeness (QED) is 0.115. The molecule has 5 N–H and O–H groups in total. The number of rotatable bonds is 13. The van der Waals surface area contributed by atoms with Crippen molar-refractivity contribution in [3.05, 3.63) is 29.8 Å². The summed E-state index contributed by atoms with van der Waals surface area (Å²) in [4.78, 5) is 35.9. The van der Waals surface area contributed by atoms with E-state index in [9.17, 15) is 9.13 Å². The van der Waals surface area contributed by atoms with Crippen LogP contribution in [0.2, 0.25) is 0 Å². The maximum absolute atomic E-state index is 11.1. The van der Waals surface area contributed by atoms with Crippen LogP contribution in [0.15, 0.2) is 24.3 Å². The van der Waals surface area contributed by atoms with E-state index in [2.05, 4.69) is 5.32 Å². The summed E-state index contributed by atoms with van der Waals surface area (Å²) in [6.45, 7) is 0.153. The summed E-state index contributed by atoms with van der Waals surface area (Å²) < 4.78 is 27.3. The first-order valence-electron chi connectivity index (χ1n) is 8.19. The molecule has 1 aromatic rings. The van der Waals surface area contributed by atoms with Crippen LogP contribution in [0.4, 0.5) is 0 Å². The number of nitrogens with one attached hydrogen (secondary N) is 1. The monoisotopic (exact) mass is 475 g/mol. The van der Waals surface area contributed by atoms with E-state index in [1.165, 1.54) is 5.56 Å². The van der Waals surface area contributed by atoms with E-state index < -0.39 is 20.7 Å². The zero-order valence-corrected chi connectivity index (χ0v) is 23.3. The second-order valence-corrected chi connectivity index (χ2v) is 10.7. The fourth-order valence-corrected chi connectivity index (χ4v) is 5.54. The first-order valence-corrected chi connectivity index (χ1v) is 12.7. The van der Waals surface area contributed by atoms with Gasteiger partial charge in [-0.3, -0.25) is 14.4 Å². The Morgan fingerprint density at radius 2 is 1.54 bits per heavy atom. The second kappa shape index (κ2) is 16.3. The molecule has 0 aliphatic carbocycles. The van der Waals surface area contributed by atoms with Gasteiger partial charge in [-0.25, -0.2) is 0 Å². The van der Waals surface area contributed by atoms with Gasteiger partial charge in [0.1, 0.15) is 5.75 Å². The van der Waals surface area contributed by atoms with Gasteiger partial charge in [-0.2, -0.15) is 11.8 Å². The first kappa shape index (κ1) is 31.8. The average Bonchev–Trinajstić information content (AvgIpc) is 2.54. The van der Waals surface area contributed by atoms with E-state index in [0.717, 1.165) is 36.5 Å². The Bertz CT molecular complexity index is 616. The number of benzene rings is 1. The largest absolute Gasteiger partial charge is 1.00 e. The smallest absolute Gasteiger partial charge is 1.00 e. The molecule has 0 heterocycles. The van der Waals surface area contributed by atoms with E-state index in [1.807, 2.05) is 36.0 Å². The molecule has 154 valence electrons. The molecule has 0 amide bonds. The summed E-state index contributed by atoms with van der Waals surface area (Å²) in [5.41, 5.74) is -0.879. The van der Waals surface area contributed by atoms with E-state index in [0.29, 0.717) is 6.42 Å². The van der Waals surface area contributed by atoms with Crippen molar-refractivity contribution in [2.45, 2.75) is 37.0 Å². The zero-order valence-electron chi connectivity index (χ0n) is 18.7. The molecule has 0 fully saturated rings. The van der Waals surface area contributed by atoms with Gasteiger partial charge in [-0.1, -0.05) is 25.0 Å². The summed E-state index contributed by atoms with van der Waals surface area (Å²) >= 11 is 1.83. The molecule has 0 spiro atoms. The van der Waals surface area contributed by atoms with E-state index in [4.69, 9.17) is 24.3 Å². The van der Waals surface area contributed by atoms with Crippen LogP contribution in [0.5, 0.6) is 5.75 Å². The predicted octanol–water partition coefficient (Wildman–Crippen LogP) is -3.05. The zero-order chi connectivity index (χ0) is 19.6. The topological polar surface area (TPSA) is 136 Å². The molecule has 1 aromatic carbocycles. The minimum absolute atomic E-state index is 0. The van der Waals surface area contributed by atoms with Gasteiger partial charge >= 0.3 is 74.3 Å². The Balaban J connectivity index is -0.000000845. The van der Waals surface area contributed by atoms with E-state index in [-0.39, 0.29) is 68.5 Å². The Kier molecular flexibility index (Phi) is 18.5. The summed E-state index contributed by atoms with van der Waals surface area (Å²) in [5, 5.41) is 2.29. The summed E-state index contributed by atoms with van der Waals surface area (Å²) in [6, 6.07) is 7.95. The summed E-state index contributed by atoms with van der Waals surface area (Å²) in [6.07, 6.45) is 3.39. The number of unbranched alkanes of at least 4 members (excludes halogenated alkanes) is 3. The molecule has 13 heteroatoms. The molecule has 0 aliphatic rings. The molecule has 0 radical (unpaired) electrons. The van der Waals surface area contributed by atoms with Crippen molar-refractivity contribution in [3.63, 3.8) is 0 Å². The maximum atomic E-state index is 11.1. The minimum atomic E-state index is -4.89. The van der Waals surface area contributed by atoms with Crippen LogP contribution < -0.4 is 69.2 Å². The van der Waals surface area contributed by atoms with Crippen molar-refractivity contribution in [2.75, 3.05) is 19.4 Å². The minimum Gasteiger partial charge on any atom is -1.00 e. The van der Waals surface area contributed by atoms with E-state index in [1.54, 1.807) is 7.11 Å². The molecule has 8 nitrogen and oxygen atoms in total. The van der Waals surface area contributed by atoms with Gasteiger partial charge in [0.15, 0.2) is 0 Å². The van der Waals surface area contributed by atoms with Crippen LogP contribution in [0.25, 0.3) is 0 Å². The number of thioether (sulfide) groups is 1. The Morgan fingerprint density at radius 3 is 2.04 bits per heavy atom. The number of methoxy groups -OCH3 is 1. The molecule has 0 aliphatic heterocycles. The van der Waals surface area contributed by atoms with Gasteiger partial charge in [0, 0.05) is 5.75 Å². The molecule has 0 atom stereocenters. The number of hydrogen-bond donors (Lipinski definition) is 5. The van der Waals surface area contributed by atoms with Crippen LogP contribution in [-0.2, 0) is 14.9 Å². The Morgan fingerprint density at radius 1 is 1.00 bits per heavy atom. The van der Waals surface area contributed by atoms with Crippen molar-refractivity contribution in [1.82, 2.24) is 5.32 Å². The Labute approximate surface area is 217 Å². The van der Waals surface area contributed by atoms with Crippen LogP contribution in [0.3, 0.4) is 0 Å². The summed E-state index contributed by atoms with van der Waals surface area (Å²) in [5.74, 6) is 2.78. The molecule has 0 aromatic heterocycles. The van der Waals surface area contributed by atoms with Crippen LogP contribution in [-0.4, -0.2) is 44.5 Å². The standard InChI is InChI=1S/C15H27NO7P2S.2Na.2H/c1-23-14-8-6-13(7-9-14)12-26-11-5-3-2-4-10-16-15(24(17,18)19)25(20,21)22;;;;/h6-9,15-16H,2-5,10-12H2,1H3,(H2,17,18,19)(H2,20,21,22);;;;/q;2*+1;2*-1. The van der Waals surface area contributed by atoms with Crippen molar-refractivity contribution in [2.24, 2.45) is 0 Å². The van der Waals surface area contributed by atoms with Gasteiger partial charge in [0.05, 0.1) is 7.11 Å². The van der Waals surface area contributed by atoms with Crippen LogP contribution in [0.1, 0.15) is 34.1 Å². The maximum Gasteiger partial charge on any atom is 1.00 e. The molecule has 0 saturated heterocycles. The Hall–Kier alpha value is 1.63. The molecule has 1 rings (SSSR count). The van der Waals surface area contributed by atoms with Crippen LogP contribution in [0, 0.1) is 0 Å². The second-order valence-electron chi connectivity index (χ2n) is 5.82. The SMILES string of the molecule is COc1ccc(CSCCCCCCNC(P(=O)(O)O)P(=O)(O)O)cc1.[H-].[H-].[Na+].[Na+]. The fourth-order valence-electron chi connectivity index (χ4n) is 2.26. The molecule has 0 bridgehead atoms. The molecule has 28 heavy (non-hydrogen) atoms. The normalized spacial score (nSPS) is 11.6. The van der Waals surface area contributed by atoms with Crippen molar-refractivity contribution >= 4 is 27.0 Å². The molecule has 0 saturated carbocycles. The predicted molar refractivity (Wildman–Crippen MR) is 106 cm³/mol. The third kappa shape index (κ3) is 13.8. The van der Waals surface area contributed by atoms with Crippen LogP contribution >= 0.6 is 27.0 Å². The number of hydrogen-bond acceptors (Lipinski definition) is 5. The van der Waals surface area contributed by atoms with Gasteiger partial charge in [0.25, 0.3) is 0 Å². The molecular weight excluding hydrogens is 446 g/mol. The molecular formula is C15H29NNa2O7P2S. The van der Waals surface area contributed by atoms with Gasteiger partial charge in [-0.15, -0.1) is 0 Å². The molecule has 0 unspecified atom stereocenters. The number of ether oxygens (including phenoxy) is 1. The fraction of sp³-hybridized carbons (Fsp3) is 0.600. The first-order chi connectivity index (χ1) is 12.1.